The van der Waals surface area contributed by atoms with Gasteiger partial charge in [0.2, 0.25) is 5.91 Å². The van der Waals surface area contributed by atoms with E-state index in [1.165, 1.54) is 31.4 Å². The van der Waals surface area contributed by atoms with E-state index in [0.717, 1.165) is 19.3 Å². The molecule has 2 atom stereocenters. The molecular formula is C21H27BrN2O3. The number of amides is 2. The van der Waals surface area contributed by atoms with Crippen molar-refractivity contribution in [3.05, 3.63) is 29.8 Å². The van der Waals surface area contributed by atoms with Crippen LogP contribution in [0.5, 0.6) is 5.75 Å². The van der Waals surface area contributed by atoms with Gasteiger partial charge in [0.25, 0.3) is 5.91 Å². The second-order valence-corrected chi connectivity index (χ2v) is 10.5. The fourth-order valence-corrected chi connectivity index (χ4v) is 7.30. The molecule has 5 nitrogen and oxygen atoms in total. The maximum absolute atomic E-state index is 12.9. The van der Waals surface area contributed by atoms with Crippen molar-refractivity contribution in [2.75, 3.05) is 13.1 Å². The maximum Gasteiger partial charge on any atom is 0.251 e. The second kappa shape index (κ2) is 7.12. The van der Waals surface area contributed by atoms with E-state index in [1.807, 2.05) is 0 Å². The minimum absolute atomic E-state index is 0.0787. The molecule has 4 aliphatic carbocycles. The van der Waals surface area contributed by atoms with Crippen LogP contribution < -0.4 is 10.6 Å². The standard InChI is InChI=1S/C21H27BrN2O3/c22-21-11-14-7-15(12-21)10-20(9-14,13-21)19(27)24-6-2-5-23-18(26)16-3-1-4-17(25)8-16/h1,3-4,8,14-15,25H,2,5-7,9-13H2,(H,23,26)(H,24,27). The lowest BCUT2D eigenvalue weighted by atomic mass is 9.49. The molecule has 4 fully saturated rings. The third-order valence-electron chi connectivity index (χ3n) is 6.50. The molecule has 146 valence electrons. The SMILES string of the molecule is O=C(NCCCNC(=O)C12CC3CC(CC(Br)(C3)C1)C2)c1cccc(O)c1. The van der Waals surface area contributed by atoms with Gasteiger partial charge in [-0.05, 0) is 75.0 Å². The summed E-state index contributed by atoms with van der Waals surface area (Å²) in [5.41, 5.74) is 0.258. The van der Waals surface area contributed by atoms with E-state index in [9.17, 15) is 14.7 Å². The molecule has 5 rings (SSSR count). The second-order valence-electron chi connectivity index (χ2n) is 8.81. The Morgan fingerprint density at radius 1 is 1.11 bits per heavy atom. The molecule has 4 bridgehead atoms. The maximum atomic E-state index is 12.9. The molecule has 6 heteroatoms. The Labute approximate surface area is 168 Å². The Kier molecular flexibility index (Phi) is 4.95. The molecule has 2 amide bonds. The summed E-state index contributed by atoms with van der Waals surface area (Å²) in [5.74, 6) is 1.46. The van der Waals surface area contributed by atoms with Crippen molar-refractivity contribution in [3.63, 3.8) is 0 Å². The lowest BCUT2D eigenvalue weighted by molar-refractivity contribution is -0.144. The van der Waals surface area contributed by atoms with Crippen molar-refractivity contribution in [1.29, 1.82) is 0 Å². The van der Waals surface area contributed by atoms with Gasteiger partial charge in [-0.2, -0.15) is 0 Å². The molecule has 1 aromatic carbocycles. The van der Waals surface area contributed by atoms with Crippen LogP contribution in [0.3, 0.4) is 0 Å². The number of hydrogen-bond acceptors (Lipinski definition) is 3. The van der Waals surface area contributed by atoms with Crippen LogP contribution in [0, 0.1) is 17.3 Å². The summed E-state index contributed by atoms with van der Waals surface area (Å²) >= 11 is 3.95. The average molecular weight is 435 g/mol. The molecule has 4 saturated carbocycles. The number of phenolic OH excluding ortho intramolecular Hbond substituents is 1. The fraction of sp³-hybridized carbons (Fsp3) is 0.619. The van der Waals surface area contributed by atoms with E-state index in [0.29, 0.717) is 36.9 Å². The van der Waals surface area contributed by atoms with Gasteiger partial charge in [-0.25, -0.2) is 0 Å². The summed E-state index contributed by atoms with van der Waals surface area (Å²) in [6, 6.07) is 6.29. The minimum Gasteiger partial charge on any atom is -0.508 e. The molecule has 3 N–H and O–H groups in total. The monoisotopic (exact) mass is 434 g/mol. The smallest absolute Gasteiger partial charge is 0.251 e. The van der Waals surface area contributed by atoms with Crippen molar-refractivity contribution in [2.24, 2.45) is 17.3 Å². The summed E-state index contributed by atoms with van der Waals surface area (Å²) in [4.78, 5) is 25.0. The number of rotatable bonds is 6. The number of benzene rings is 1. The van der Waals surface area contributed by atoms with Gasteiger partial charge >= 0.3 is 0 Å². The number of carbonyl (C=O) groups is 2. The predicted octanol–water partition coefficient (Wildman–Crippen LogP) is 3.36. The first-order valence-electron chi connectivity index (χ1n) is 9.92. The molecule has 0 spiro atoms. The van der Waals surface area contributed by atoms with Gasteiger partial charge in [0.05, 0.1) is 5.41 Å². The van der Waals surface area contributed by atoms with Gasteiger partial charge in [0.15, 0.2) is 0 Å². The summed E-state index contributed by atoms with van der Waals surface area (Å²) < 4.78 is 0.184. The number of carbonyl (C=O) groups excluding carboxylic acids is 2. The van der Waals surface area contributed by atoms with Crippen LogP contribution >= 0.6 is 15.9 Å². The Hall–Kier alpha value is -1.56. The van der Waals surface area contributed by atoms with E-state index in [2.05, 4.69) is 26.6 Å². The number of phenols is 1. The third-order valence-corrected chi connectivity index (χ3v) is 7.43. The normalized spacial score (nSPS) is 33.7. The van der Waals surface area contributed by atoms with Crippen LogP contribution in [-0.2, 0) is 4.79 Å². The summed E-state index contributed by atoms with van der Waals surface area (Å²) in [6.07, 6.45) is 7.47. The highest BCUT2D eigenvalue weighted by Gasteiger charge is 2.59. The van der Waals surface area contributed by atoms with Gasteiger partial charge in [-0.1, -0.05) is 22.0 Å². The van der Waals surface area contributed by atoms with Crippen molar-refractivity contribution < 1.29 is 14.7 Å². The lowest BCUT2D eigenvalue weighted by Gasteiger charge is -2.59. The van der Waals surface area contributed by atoms with E-state index >= 15 is 0 Å². The molecule has 0 aliphatic heterocycles. The molecule has 4 aliphatic rings. The van der Waals surface area contributed by atoms with Crippen LogP contribution in [0.25, 0.3) is 0 Å². The van der Waals surface area contributed by atoms with Gasteiger partial charge in [0, 0.05) is 23.0 Å². The largest absolute Gasteiger partial charge is 0.508 e. The van der Waals surface area contributed by atoms with E-state index in [-0.39, 0.29) is 27.3 Å². The van der Waals surface area contributed by atoms with Crippen molar-refractivity contribution in [2.45, 2.75) is 49.3 Å². The Morgan fingerprint density at radius 2 is 1.81 bits per heavy atom. The Bertz CT molecular complexity index is 737. The van der Waals surface area contributed by atoms with Crippen molar-refractivity contribution in [1.82, 2.24) is 10.6 Å². The number of aromatic hydroxyl groups is 1. The third kappa shape index (κ3) is 3.86. The summed E-state index contributed by atoms with van der Waals surface area (Å²) in [6.45, 7) is 1.07. The van der Waals surface area contributed by atoms with Crippen LogP contribution in [-0.4, -0.2) is 34.3 Å². The first-order valence-corrected chi connectivity index (χ1v) is 10.7. The van der Waals surface area contributed by atoms with Crippen LogP contribution in [0.4, 0.5) is 0 Å². The molecule has 0 heterocycles. The van der Waals surface area contributed by atoms with Crippen molar-refractivity contribution in [3.8, 4) is 5.75 Å². The first kappa shape index (κ1) is 18.8. The highest BCUT2D eigenvalue weighted by atomic mass is 79.9. The number of alkyl halides is 1. The van der Waals surface area contributed by atoms with Crippen molar-refractivity contribution >= 4 is 27.7 Å². The molecule has 2 unspecified atom stereocenters. The fourth-order valence-electron chi connectivity index (χ4n) is 5.85. The zero-order valence-corrected chi connectivity index (χ0v) is 17.1. The molecule has 0 radical (unpaired) electrons. The highest BCUT2D eigenvalue weighted by molar-refractivity contribution is 9.10. The zero-order valence-electron chi connectivity index (χ0n) is 15.5. The van der Waals surface area contributed by atoms with Crippen LogP contribution in [0.15, 0.2) is 24.3 Å². The van der Waals surface area contributed by atoms with E-state index in [1.54, 1.807) is 12.1 Å². The minimum atomic E-state index is -0.209. The predicted molar refractivity (Wildman–Crippen MR) is 107 cm³/mol. The first-order chi connectivity index (χ1) is 12.9. The molecule has 1 aromatic rings. The van der Waals surface area contributed by atoms with E-state index in [4.69, 9.17) is 0 Å². The molecule has 0 aromatic heterocycles. The lowest BCUT2D eigenvalue weighted by Crippen LogP contribution is -2.58. The molecule has 27 heavy (non-hydrogen) atoms. The van der Waals surface area contributed by atoms with Gasteiger partial charge in [-0.15, -0.1) is 0 Å². The number of halogens is 1. The Morgan fingerprint density at radius 3 is 2.48 bits per heavy atom. The molecular weight excluding hydrogens is 408 g/mol. The van der Waals surface area contributed by atoms with Crippen LogP contribution in [0.1, 0.15) is 55.3 Å². The summed E-state index contributed by atoms with van der Waals surface area (Å²) in [5, 5.41) is 15.4. The highest BCUT2D eigenvalue weighted by Crippen LogP contribution is 2.64. The zero-order chi connectivity index (χ0) is 19.1. The van der Waals surface area contributed by atoms with E-state index < -0.39 is 0 Å². The van der Waals surface area contributed by atoms with Gasteiger partial charge < -0.3 is 15.7 Å². The van der Waals surface area contributed by atoms with Gasteiger partial charge in [0.1, 0.15) is 5.75 Å². The topological polar surface area (TPSA) is 78.4 Å². The Balaban J connectivity index is 1.23. The average Bonchev–Trinajstić information content (AvgIpc) is 2.59. The molecule has 0 saturated heterocycles. The summed E-state index contributed by atoms with van der Waals surface area (Å²) in [7, 11) is 0. The number of hydrogen-bond donors (Lipinski definition) is 3. The van der Waals surface area contributed by atoms with Crippen LogP contribution in [0.2, 0.25) is 0 Å². The van der Waals surface area contributed by atoms with Gasteiger partial charge in [-0.3, -0.25) is 9.59 Å². The quantitative estimate of drug-likeness (QED) is 0.474. The number of nitrogens with one attached hydrogen (secondary N) is 2.